The van der Waals surface area contributed by atoms with Crippen LogP contribution in [0.5, 0.6) is 0 Å². The highest BCUT2D eigenvalue weighted by Gasteiger charge is 2.30. The summed E-state index contributed by atoms with van der Waals surface area (Å²) in [6.45, 7) is 0. The van der Waals surface area contributed by atoms with Crippen molar-refractivity contribution in [2.75, 3.05) is 0 Å². The van der Waals surface area contributed by atoms with E-state index in [1.54, 1.807) is 73.2 Å². The zero-order valence-corrected chi connectivity index (χ0v) is 17.1. The molecule has 7 heteroatoms. The van der Waals surface area contributed by atoms with Gasteiger partial charge in [-0.3, -0.25) is 9.97 Å². The van der Waals surface area contributed by atoms with Gasteiger partial charge in [0.2, 0.25) is 5.95 Å². The van der Waals surface area contributed by atoms with Crippen molar-refractivity contribution < 1.29 is 9.50 Å². The third-order valence-corrected chi connectivity index (χ3v) is 5.21. The molecule has 0 aliphatic rings. The first-order chi connectivity index (χ1) is 14.5. The molecule has 0 bridgehead atoms. The lowest BCUT2D eigenvalue weighted by molar-refractivity contribution is 0.157. The zero-order chi connectivity index (χ0) is 21.1. The lowest BCUT2D eigenvalue weighted by Gasteiger charge is -2.25. The SMILES string of the molecule is OC(c1cccnc1-c1cc(Cl)cc(Cl)c1)C(c1cccnc1)c1cccnc1F. The minimum Gasteiger partial charge on any atom is -0.387 e. The summed E-state index contributed by atoms with van der Waals surface area (Å²) in [6.07, 6.45) is 5.08. The molecular weight excluding hydrogens is 424 g/mol. The molecule has 0 spiro atoms. The van der Waals surface area contributed by atoms with Gasteiger partial charge in [-0.1, -0.05) is 41.4 Å². The van der Waals surface area contributed by atoms with Crippen LogP contribution in [0.15, 0.2) is 79.4 Å². The van der Waals surface area contributed by atoms with E-state index in [0.29, 0.717) is 32.4 Å². The smallest absolute Gasteiger partial charge is 0.216 e. The van der Waals surface area contributed by atoms with Crippen molar-refractivity contribution in [1.82, 2.24) is 15.0 Å². The normalized spacial score (nSPS) is 13.1. The van der Waals surface area contributed by atoms with E-state index in [9.17, 15) is 9.50 Å². The van der Waals surface area contributed by atoms with Crippen LogP contribution in [0.1, 0.15) is 28.7 Å². The van der Waals surface area contributed by atoms with Crippen molar-refractivity contribution in [2.45, 2.75) is 12.0 Å². The summed E-state index contributed by atoms with van der Waals surface area (Å²) in [5.41, 5.74) is 2.58. The van der Waals surface area contributed by atoms with Gasteiger partial charge in [0.15, 0.2) is 0 Å². The number of aliphatic hydroxyl groups excluding tert-OH is 1. The second-order valence-corrected chi connectivity index (χ2v) is 7.56. The van der Waals surface area contributed by atoms with Crippen LogP contribution < -0.4 is 0 Å². The number of halogens is 3. The molecule has 0 radical (unpaired) electrons. The largest absolute Gasteiger partial charge is 0.387 e. The van der Waals surface area contributed by atoms with Crippen LogP contribution in [0, 0.1) is 5.95 Å². The molecule has 4 nitrogen and oxygen atoms in total. The summed E-state index contributed by atoms with van der Waals surface area (Å²) in [5, 5.41) is 12.4. The molecule has 0 amide bonds. The molecule has 3 aromatic heterocycles. The summed E-state index contributed by atoms with van der Waals surface area (Å²) in [6, 6.07) is 15.3. The molecule has 1 aromatic carbocycles. The van der Waals surface area contributed by atoms with Crippen LogP contribution in [0.4, 0.5) is 4.39 Å². The Morgan fingerprint density at radius 2 is 1.50 bits per heavy atom. The third-order valence-electron chi connectivity index (χ3n) is 4.78. The number of hydrogen-bond donors (Lipinski definition) is 1. The Morgan fingerprint density at radius 3 is 2.17 bits per heavy atom. The second kappa shape index (κ2) is 8.88. The molecule has 0 saturated carbocycles. The fourth-order valence-electron chi connectivity index (χ4n) is 3.49. The van der Waals surface area contributed by atoms with Crippen molar-refractivity contribution in [3.05, 3.63) is 112 Å². The fraction of sp³-hybridized carbons (Fsp3) is 0.0870. The Labute approximate surface area is 183 Å². The summed E-state index contributed by atoms with van der Waals surface area (Å²) < 4.78 is 14.6. The lowest BCUT2D eigenvalue weighted by Crippen LogP contribution is -2.16. The summed E-state index contributed by atoms with van der Waals surface area (Å²) in [5.74, 6) is -1.40. The van der Waals surface area contributed by atoms with Gasteiger partial charge in [0.05, 0.1) is 11.8 Å². The van der Waals surface area contributed by atoms with Crippen LogP contribution in [-0.2, 0) is 0 Å². The molecular formula is C23H16Cl2FN3O. The van der Waals surface area contributed by atoms with Gasteiger partial charge in [0.25, 0.3) is 0 Å². The number of hydrogen-bond acceptors (Lipinski definition) is 4. The highest BCUT2D eigenvalue weighted by Crippen LogP contribution is 2.40. The maximum atomic E-state index is 14.6. The molecule has 0 aliphatic heterocycles. The predicted molar refractivity (Wildman–Crippen MR) is 115 cm³/mol. The van der Waals surface area contributed by atoms with Gasteiger partial charge in [-0.05, 0) is 42.0 Å². The molecule has 0 fully saturated rings. The maximum absolute atomic E-state index is 14.6. The number of rotatable bonds is 5. The summed E-state index contributed by atoms with van der Waals surface area (Å²) in [7, 11) is 0. The van der Waals surface area contributed by atoms with Crippen LogP contribution in [0.3, 0.4) is 0 Å². The Bertz CT molecular complexity index is 1150. The number of nitrogens with zero attached hydrogens (tertiary/aromatic N) is 3. The van der Waals surface area contributed by atoms with Gasteiger partial charge in [0, 0.05) is 57.4 Å². The van der Waals surface area contributed by atoms with E-state index in [2.05, 4.69) is 15.0 Å². The van der Waals surface area contributed by atoms with Gasteiger partial charge in [-0.25, -0.2) is 4.98 Å². The fourth-order valence-corrected chi connectivity index (χ4v) is 4.02. The van der Waals surface area contributed by atoms with E-state index in [-0.39, 0.29) is 5.56 Å². The monoisotopic (exact) mass is 439 g/mol. The molecule has 3 heterocycles. The Hall–Kier alpha value is -2.86. The highest BCUT2D eigenvalue weighted by atomic mass is 35.5. The first-order valence-corrected chi connectivity index (χ1v) is 9.90. The average molecular weight is 440 g/mol. The average Bonchev–Trinajstić information content (AvgIpc) is 2.75. The van der Waals surface area contributed by atoms with E-state index in [0.717, 1.165) is 0 Å². The summed E-state index contributed by atoms with van der Waals surface area (Å²) in [4.78, 5) is 12.3. The molecule has 2 unspecified atom stereocenters. The van der Waals surface area contributed by atoms with Crippen LogP contribution in [0.2, 0.25) is 10.0 Å². The van der Waals surface area contributed by atoms with E-state index >= 15 is 0 Å². The maximum Gasteiger partial charge on any atom is 0.216 e. The zero-order valence-electron chi connectivity index (χ0n) is 15.6. The summed E-state index contributed by atoms with van der Waals surface area (Å²) >= 11 is 12.3. The minimum atomic E-state index is -1.13. The topological polar surface area (TPSA) is 58.9 Å². The molecule has 4 rings (SSSR count). The number of aromatic nitrogens is 3. The molecule has 4 aromatic rings. The van der Waals surface area contributed by atoms with Crippen LogP contribution >= 0.6 is 23.2 Å². The molecule has 0 saturated heterocycles. The Morgan fingerprint density at radius 1 is 0.833 bits per heavy atom. The molecule has 0 aliphatic carbocycles. The Kier molecular flexibility index (Phi) is 6.04. The van der Waals surface area contributed by atoms with Crippen molar-refractivity contribution in [2.24, 2.45) is 0 Å². The first kappa shape index (κ1) is 20.4. The molecule has 1 N–H and O–H groups in total. The standard InChI is InChI=1S/C23H16Cl2FN3O/c24-16-10-15(11-17(25)12-16)21-19(6-3-8-28-21)22(30)20(14-4-1-7-27-13-14)18-5-2-9-29-23(18)26/h1-13,20,22,30H. The third kappa shape index (κ3) is 4.19. The van der Waals surface area contributed by atoms with Crippen molar-refractivity contribution in [3.63, 3.8) is 0 Å². The van der Waals surface area contributed by atoms with E-state index in [1.165, 1.54) is 6.20 Å². The molecule has 2 atom stereocenters. The van der Waals surface area contributed by atoms with Crippen molar-refractivity contribution >= 4 is 23.2 Å². The quantitative estimate of drug-likeness (QED) is 0.396. The molecule has 150 valence electrons. The predicted octanol–water partition coefficient (Wildman–Crippen LogP) is 5.85. The Balaban J connectivity index is 1.88. The van der Waals surface area contributed by atoms with Gasteiger partial charge in [-0.2, -0.15) is 4.39 Å². The number of pyridine rings is 3. The lowest BCUT2D eigenvalue weighted by atomic mass is 9.83. The van der Waals surface area contributed by atoms with Crippen molar-refractivity contribution in [1.29, 1.82) is 0 Å². The van der Waals surface area contributed by atoms with Crippen LogP contribution in [0.25, 0.3) is 11.3 Å². The highest BCUT2D eigenvalue weighted by molar-refractivity contribution is 6.35. The van der Waals surface area contributed by atoms with Gasteiger partial charge in [-0.15, -0.1) is 0 Å². The number of aliphatic hydroxyl groups is 1. The van der Waals surface area contributed by atoms with Crippen LogP contribution in [-0.4, -0.2) is 20.1 Å². The second-order valence-electron chi connectivity index (χ2n) is 6.69. The van der Waals surface area contributed by atoms with Gasteiger partial charge in [0.1, 0.15) is 0 Å². The van der Waals surface area contributed by atoms with E-state index in [4.69, 9.17) is 23.2 Å². The minimum absolute atomic E-state index is 0.261. The van der Waals surface area contributed by atoms with Gasteiger partial charge >= 0.3 is 0 Å². The first-order valence-electron chi connectivity index (χ1n) is 9.14. The molecule has 30 heavy (non-hydrogen) atoms. The van der Waals surface area contributed by atoms with E-state index in [1.807, 2.05) is 0 Å². The van der Waals surface area contributed by atoms with Gasteiger partial charge < -0.3 is 5.11 Å². The number of benzene rings is 1. The van der Waals surface area contributed by atoms with Crippen molar-refractivity contribution in [3.8, 4) is 11.3 Å². The van der Waals surface area contributed by atoms with E-state index < -0.39 is 18.0 Å².